The molecule has 0 saturated carbocycles. The number of rotatable bonds is 0. The van der Waals surface area contributed by atoms with E-state index < -0.39 is 0 Å². The van der Waals surface area contributed by atoms with Crippen LogP contribution in [0.25, 0.3) is 0 Å². The first kappa shape index (κ1) is 19.2. The molecular weight excluding hydrogens is 177 g/mol. The van der Waals surface area contributed by atoms with Gasteiger partial charge >= 0.3 is 51.4 Å². The molecule has 0 unspecified atom stereocenters. The predicted molar refractivity (Wildman–Crippen MR) is 50.7 cm³/mol. The quantitative estimate of drug-likeness (QED) is 0.360. The van der Waals surface area contributed by atoms with E-state index in [1.165, 1.54) is 19.5 Å². The number of methoxy groups -OCH3 is 1. The van der Waals surface area contributed by atoms with Gasteiger partial charge in [0, 0.05) is 14.2 Å². The molecular formula is C9H22KNO. The van der Waals surface area contributed by atoms with E-state index in [-0.39, 0.29) is 51.4 Å². The molecule has 12 heavy (non-hydrogen) atoms. The van der Waals surface area contributed by atoms with Crippen LogP contribution < -0.4 is 51.4 Å². The van der Waals surface area contributed by atoms with Gasteiger partial charge in [0.15, 0.2) is 0 Å². The maximum atomic E-state index is 4.25. The molecule has 0 amide bonds. The average molecular weight is 199 g/mol. The molecule has 0 aromatic carbocycles. The molecule has 0 radical (unpaired) electrons. The van der Waals surface area contributed by atoms with Crippen LogP contribution in [-0.4, -0.2) is 39.3 Å². The number of hydrogen-bond donors (Lipinski definition) is 0. The number of hydrogen-bond acceptors (Lipinski definition) is 2. The molecule has 0 aromatic rings. The Morgan fingerprint density at radius 3 is 1.75 bits per heavy atom. The van der Waals surface area contributed by atoms with Crippen LogP contribution in [0.4, 0.5) is 0 Å². The third-order valence-corrected chi connectivity index (χ3v) is 1.16. The molecule has 1 saturated heterocycles. The monoisotopic (exact) mass is 199 g/mol. The van der Waals surface area contributed by atoms with Crippen LogP contribution in [0.15, 0.2) is 0 Å². The molecule has 0 bridgehead atoms. The molecule has 3 heteroatoms. The summed E-state index contributed by atoms with van der Waals surface area (Å²) in [6, 6.07) is 0. The molecule has 1 rings (SSSR count). The second-order valence-corrected chi connectivity index (χ2v) is 2.25. The van der Waals surface area contributed by atoms with E-state index in [1.807, 2.05) is 13.8 Å². The van der Waals surface area contributed by atoms with Crippen molar-refractivity contribution in [3.05, 3.63) is 6.42 Å². The maximum Gasteiger partial charge on any atom is 1.00 e. The van der Waals surface area contributed by atoms with Crippen molar-refractivity contribution in [1.29, 1.82) is 0 Å². The standard InChI is InChI=1S/C5H10N.C2H6O.C2H6.K/c1-6-4-2-3-5-6;1-3-2;1-2;/h2H,3-5H2,1H3;1-2H3;1-2H3;/q-1;;;+1. The summed E-state index contributed by atoms with van der Waals surface area (Å²) in [5.41, 5.74) is 0. The van der Waals surface area contributed by atoms with Crippen molar-refractivity contribution in [3.63, 3.8) is 0 Å². The minimum absolute atomic E-state index is 0. The smallest absolute Gasteiger partial charge is 0.388 e. The van der Waals surface area contributed by atoms with Gasteiger partial charge in [-0.2, -0.15) is 6.42 Å². The van der Waals surface area contributed by atoms with Crippen LogP contribution >= 0.6 is 0 Å². The van der Waals surface area contributed by atoms with Gasteiger partial charge in [-0.15, -0.1) is 6.54 Å². The summed E-state index contributed by atoms with van der Waals surface area (Å²) in [6.07, 6.45) is 3.59. The Morgan fingerprint density at radius 1 is 1.25 bits per heavy atom. The van der Waals surface area contributed by atoms with Crippen LogP contribution in [0.1, 0.15) is 20.3 Å². The molecule has 0 N–H and O–H groups in total. The van der Waals surface area contributed by atoms with Crippen LogP contribution in [0, 0.1) is 6.42 Å². The SMILES string of the molecule is CC.CN1C[CH-]CC1.COC.[K+]. The Bertz CT molecular complexity index is 56.5. The Kier molecular flexibility index (Phi) is 29.3. The van der Waals surface area contributed by atoms with Crippen LogP contribution in [0.3, 0.4) is 0 Å². The molecule has 1 fully saturated rings. The Balaban J connectivity index is -0.000000119. The molecule has 0 aromatic heterocycles. The Labute approximate surface area is 120 Å². The van der Waals surface area contributed by atoms with Gasteiger partial charge in [-0.05, 0) is 13.6 Å². The fraction of sp³-hybridized carbons (Fsp3) is 0.889. The van der Waals surface area contributed by atoms with Crippen molar-refractivity contribution in [2.45, 2.75) is 20.3 Å². The van der Waals surface area contributed by atoms with Gasteiger partial charge in [-0.25, -0.2) is 0 Å². The van der Waals surface area contributed by atoms with E-state index in [0.29, 0.717) is 0 Å². The van der Waals surface area contributed by atoms with Crippen molar-refractivity contribution < 1.29 is 56.1 Å². The number of ether oxygens (including phenoxy) is 1. The maximum absolute atomic E-state index is 4.25. The molecule has 2 nitrogen and oxygen atoms in total. The summed E-state index contributed by atoms with van der Waals surface area (Å²) in [4.78, 5) is 2.31. The minimum atomic E-state index is 0. The normalized spacial score (nSPS) is 14.8. The first-order valence-electron chi connectivity index (χ1n) is 4.21. The molecule has 1 heterocycles. The van der Waals surface area contributed by atoms with E-state index in [0.717, 1.165) is 0 Å². The van der Waals surface area contributed by atoms with Crippen molar-refractivity contribution in [1.82, 2.24) is 4.90 Å². The van der Waals surface area contributed by atoms with Crippen LogP contribution in [0.2, 0.25) is 0 Å². The van der Waals surface area contributed by atoms with Crippen LogP contribution in [-0.2, 0) is 4.74 Å². The van der Waals surface area contributed by atoms with E-state index >= 15 is 0 Å². The molecule has 0 spiro atoms. The van der Waals surface area contributed by atoms with Gasteiger partial charge in [0.05, 0.1) is 0 Å². The molecule has 0 atom stereocenters. The summed E-state index contributed by atoms with van der Waals surface area (Å²) in [5.74, 6) is 0. The van der Waals surface area contributed by atoms with Crippen molar-refractivity contribution >= 4 is 0 Å². The van der Waals surface area contributed by atoms with Crippen molar-refractivity contribution in [2.75, 3.05) is 34.4 Å². The third kappa shape index (κ3) is 17.6. The van der Waals surface area contributed by atoms with Crippen molar-refractivity contribution in [2.24, 2.45) is 0 Å². The van der Waals surface area contributed by atoms with Gasteiger partial charge in [-0.3, -0.25) is 0 Å². The van der Waals surface area contributed by atoms with E-state index in [1.54, 1.807) is 14.2 Å². The second-order valence-electron chi connectivity index (χ2n) is 2.25. The fourth-order valence-electron chi connectivity index (χ4n) is 0.715. The Hall–Kier alpha value is 1.56. The second kappa shape index (κ2) is 18.4. The zero-order valence-corrected chi connectivity index (χ0v) is 12.7. The largest absolute Gasteiger partial charge is 1.00 e. The zero-order chi connectivity index (χ0) is 9.11. The Morgan fingerprint density at radius 2 is 1.67 bits per heavy atom. The van der Waals surface area contributed by atoms with E-state index in [4.69, 9.17) is 0 Å². The van der Waals surface area contributed by atoms with Gasteiger partial charge in [0.25, 0.3) is 0 Å². The summed E-state index contributed by atoms with van der Waals surface area (Å²) in [7, 11) is 5.39. The molecule has 1 aliphatic heterocycles. The molecule has 0 aliphatic carbocycles. The van der Waals surface area contributed by atoms with Crippen LogP contribution in [0.5, 0.6) is 0 Å². The molecule has 1 aliphatic rings. The predicted octanol–water partition coefficient (Wildman–Crippen LogP) is -1.18. The third-order valence-electron chi connectivity index (χ3n) is 1.16. The minimum Gasteiger partial charge on any atom is -0.388 e. The first-order valence-corrected chi connectivity index (χ1v) is 4.21. The van der Waals surface area contributed by atoms with Gasteiger partial charge in [-0.1, -0.05) is 13.8 Å². The van der Waals surface area contributed by atoms with Crippen molar-refractivity contribution in [3.8, 4) is 0 Å². The van der Waals surface area contributed by atoms with E-state index in [9.17, 15) is 0 Å². The zero-order valence-electron chi connectivity index (χ0n) is 9.55. The average Bonchev–Trinajstić information content (AvgIpc) is 2.46. The van der Waals surface area contributed by atoms with Gasteiger partial charge < -0.3 is 16.1 Å². The fourth-order valence-corrected chi connectivity index (χ4v) is 0.715. The van der Waals surface area contributed by atoms with Gasteiger partial charge in [0.1, 0.15) is 0 Å². The summed E-state index contributed by atoms with van der Waals surface area (Å²) >= 11 is 0. The first-order chi connectivity index (χ1) is 5.31. The summed E-state index contributed by atoms with van der Waals surface area (Å²) in [5, 5.41) is 0. The van der Waals surface area contributed by atoms with Gasteiger partial charge in [0.2, 0.25) is 0 Å². The molecule has 70 valence electrons. The van der Waals surface area contributed by atoms with E-state index in [2.05, 4.69) is 23.1 Å². The number of likely N-dealkylation sites (tertiary alicyclic amines) is 1. The summed E-state index contributed by atoms with van der Waals surface area (Å²) in [6.45, 7) is 6.46. The topological polar surface area (TPSA) is 12.5 Å². The summed E-state index contributed by atoms with van der Waals surface area (Å²) < 4.78 is 4.25. The number of nitrogens with zero attached hydrogens (tertiary/aromatic N) is 1.